The Hall–Kier alpha value is -4.11. The van der Waals surface area contributed by atoms with E-state index in [4.69, 9.17) is 11.6 Å². The lowest BCUT2D eigenvalue weighted by Crippen LogP contribution is -2.29. The van der Waals surface area contributed by atoms with E-state index in [2.05, 4.69) is 16.0 Å². The summed E-state index contributed by atoms with van der Waals surface area (Å²) in [4.78, 5) is 35.4. The third-order valence-corrected chi connectivity index (χ3v) is 5.29. The van der Waals surface area contributed by atoms with Crippen LogP contribution in [0, 0.1) is 10.1 Å². The van der Waals surface area contributed by atoms with Gasteiger partial charge in [-0.05, 0) is 48.4 Å². The number of halogens is 1. The first-order valence-corrected chi connectivity index (χ1v) is 10.8. The van der Waals surface area contributed by atoms with E-state index in [0.717, 1.165) is 5.56 Å². The first kappa shape index (κ1) is 24.5. The number of rotatable bonds is 10. The van der Waals surface area contributed by atoms with Crippen molar-refractivity contribution >= 4 is 34.8 Å². The van der Waals surface area contributed by atoms with Gasteiger partial charge in [-0.15, -0.1) is 0 Å². The molecular formula is C24H23ClN4O5. The molecule has 3 aromatic rings. The molecule has 0 aliphatic carbocycles. The van der Waals surface area contributed by atoms with E-state index in [1.54, 1.807) is 24.3 Å². The number of anilines is 1. The Balaban J connectivity index is 1.51. The maximum atomic E-state index is 12.4. The minimum Gasteiger partial charge on any atom is -0.508 e. The van der Waals surface area contributed by atoms with Crippen molar-refractivity contribution in [3.05, 3.63) is 98.6 Å². The van der Waals surface area contributed by atoms with Crippen LogP contribution in [0.3, 0.4) is 0 Å². The SMILES string of the molecule is O=C(NCCCNC(=O)c1ccc(NCc2ccccc2Cl)c([N+](=O)[O-])c1)c1cccc(O)c1. The molecule has 0 unspecified atom stereocenters. The summed E-state index contributed by atoms with van der Waals surface area (Å²) >= 11 is 6.13. The quantitative estimate of drug-likeness (QED) is 0.195. The maximum absolute atomic E-state index is 12.4. The minimum absolute atomic E-state index is 0.000843. The maximum Gasteiger partial charge on any atom is 0.293 e. The Labute approximate surface area is 200 Å². The van der Waals surface area contributed by atoms with Crippen LogP contribution in [0.25, 0.3) is 0 Å². The normalized spacial score (nSPS) is 10.4. The lowest BCUT2D eigenvalue weighted by Gasteiger charge is -2.10. The number of amides is 2. The molecule has 0 radical (unpaired) electrons. The van der Waals surface area contributed by atoms with Crippen LogP contribution in [0.4, 0.5) is 11.4 Å². The zero-order chi connectivity index (χ0) is 24.5. The van der Waals surface area contributed by atoms with Crippen LogP contribution in [0.15, 0.2) is 66.7 Å². The van der Waals surface area contributed by atoms with Gasteiger partial charge in [0, 0.05) is 41.9 Å². The Kier molecular flexibility index (Phi) is 8.42. The molecule has 0 aliphatic heterocycles. The van der Waals surface area contributed by atoms with Crippen LogP contribution in [0.5, 0.6) is 5.75 Å². The average molecular weight is 483 g/mol. The molecule has 0 spiro atoms. The minimum atomic E-state index is -0.553. The summed E-state index contributed by atoms with van der Waals surface area (Å²) in [6.45, 7) is 0.861. The smallest absolute Gasteiger partial charge is 0.293 e. The Morgan fingerprint density at radius 1 is 0.912 bits per heavy atom. The number of carbonyl (C=O) groups excluding carboxylic acids is 2. The second-order valence-corrected chi connectivity index (χ2v) is 7.76. The van der Waals surface area contributed by atoms with E-state index in [9.17, 15) is 24.8 Å². The number of phenols is 1. The van der Waals surface area contributed by atoms with Gasteiger partial charge in [0.05, 0.1) is 4.92 Å². The Morgan fingerprint density at radius 2 is 1.59 bits per heavy atom. The second kappa shape index (κ2) is 11.7. The summed E-state index contributed by atoms with van der Waals surface area (Å²) in [5.41, 5.74) is 1.32. The Bertz CT molecular complexity index is 1200. The van der Waals surface area contributed by atoms with Crippen LogP contribution in [-0.4, -0.2) is 34.9 Å². The summed E-state index contributed by atoms with van der Waals surface area (Å²) in [6, 6.07) is 17.3. The number of hydrogen-bond donors (Lipinski definition) is 4. The van der Waals surface area contributed by atoms with Crippen LogP contribution in [-0.2, 0) is 6.54 Å². The molecule has 10 heteroatoms. The highest BCUT2D eigenvalue weighted by molar-refractivity contribution is 6.31. The molecule has 0 saturated heterocycles. The standard InChI is InChI=1S/C24H23ClN4O5/c25-20-8-2-1-5-18(20)15-28-21-10-9-17(14-22(21)29(33)34)24(32)27-12-4-11-26-23(31)16-6-3-7-19(30)13-16/h1-3,5-10,13-14,28,30H,4,11-12,15H2,(H,26,31)(H,27,32). The van der Waals surface area contributed by atoms with Crippen molar-refractivity contribution in [2.45, 2.75) is 13.0 Å². The van der Waals surface area contributed by atoms with Crippen LogP contribution < -0.4 is 16.0 Å². The summed E-state index contributed by atoms with van der Waals surface area (Å²) in [5, 5.41) is 29.9. The average Bonchev–Trinajstić information content (AvgIpc) is 2.83. The van der Waals surface area contributed by atoms with Crippen molar-refractivity contribution in [2.24, 2.45) is 0 Å². The van der Waals surface area contributed by atoms with Gasteiger partial charge >= 0.3 is 0 Å². The zero-order valence-electron chi connectivity index (χ0n) is 18.1. The van der Waals surface area contributed by atoms with Crippen LogP contribution >= 0.6 is 11.6 Å². The summed E-state index contributed by atoms with van der Waals surface area (Å²) in [6.07, 6.45) is 0.454. The highest BCUT2D eigenvalue weighted by Crippen LogP contribution is 2.27. The third-order valence-electron chi connectivity index (χ3n) is 4.92. The molecule has 0 aromatic heterocycles. The topological polar surface area (TPSA) is 134 Å². The fourth-order valence-corrected chi connectivity index (χ4v) is 3.35. The highest BCUT2D eigenvalue weighted by Gasteiger charge is 2.18. The first-order chi connectivity index (χ1) is 16.3. The molecule has 2 amide bonds. The van der Waals surface area contributed by atoms with Gasteiger partial charge < -0.3 is 21.1 Å². The molecule has 0 heterocycles. The fraction of sp³-hybridized carbons (Fsp3) is 0.167. The van der Waals surface area contributed by atoms with Gasteiger partial charge in [0.2, 0.25) is 0 Å². The molecular weight excluding hydrogens is 460 g/mol. The predicted molar refractivity (Wildman–Crippen MR) is 129 cm³/mol. The first-order valence-electron chi connectivity index (χ1n) is 10.5. The van der Waals surface area contributed by atoms with Gasteiger partial charge in [-0.25, -0.2) is 0 Å². The lowest BCUT2D eigenvalue weighted by molar-refractivity contribution is -0.384. The van der Waals surface area contributed by atoms with E-state index in [1.807, 2.05) is 12.1 Å². The largest absolute Gasteiger partial charge is 0.508 e. The van der Waals surface area contributed by atoms with Gasteiger partial charge in [0.25, 0.3) is 17.5 Å². The van der Waals surface area contributed by atoms with Gasteiger partial charge in [0.15, 0.2) is 0 Å². The van der Waals surface area contributed by atoms with E-state index >= 15 is 0 Å². The molecule has 0 aliphatic rings. The lowest BCUT2D eigenvalue weighted by atomic mass is 10.1. The molecule has 0 fully saturated rings. The number of nitro groups is 1. The molecule has 3 aromatic carbocycles. The molecule has 0 saturated carbocycles. The number of hydrogen-bond acceptors (Lipinski definition) is 6. The van der Waals surface area contributed by atoms with Crippen molar-refractivity contribution in [3.63, 3.8) is 0 Å². The van der Waals surface area contributed by atoms with Crippen molar-refractivity contribution < 1.29 is 19.6 Å². The zero-order valence-corrected chi connectivity index (χ0v) is 18.8. The molecule has 34 heavy (non-hydrogen) atoms. The van der Waals surface area contributed by atoms with Crippen molar-refractivity contribution in [1.29, 1.82) is 0 Å². The van der Waals surface area contributed by atoms with Crippen molar-refractivity contribution in [2.75, 3.05) is 18.4 Å². The number of benzene rings is 3. The molecule has 0 bridgehead atoms. The van der Waals surface area contributed by atoms with Crippen molar-refractivity contribution in [1.82, 2.24) is 10.6 Å². The summed E-state index contributed by atoms with van der Waals surface area (Å²) in [5.74, 6) is -0.795. The number of nitro benzene ring substituents is 1. The van der Waals surface area contributed by atoms with E-state index in [-0.39, 0.29) is 35.1 Å². The predicted octanol–water partition coefficient (Wildman–Crippen LogP) is 4.12. The molecule has 9 nitrogen and oxygen atoms in total. The van der Waals surface area contributed by atoms with E-state index in [1.165, 1.54) is 30.3 Å². The highest BCUT2D eigenvalue weighted by atomic mass is 35.5. The van der Waals surface area contributed by atoms with Gasteiger partial charge in [-0.3, -0.25) is 19.7 Å². The van der Waals surface area contributed by atoms with Crippen molar-refractivity contribution in [3.8, 4) is 5.75 Å². The number of nitrogens with one attached hydrogen (secondary N) is 3. The Morgan fingerprint density at radius 3 is 2.24 bits per heavy atom. The molecule has 176 valence electrons. The fourth-order valence-electron chi connectivity index (χ4n) is 3.15. The van der Waals surface area contributed by atoms with Gasteiger partial charge in [-0.2, -0.15) is 0 Å². The number of aromatic hydroxyl groups is 1. The number of nitrogens with zero attached hydrogens (tertiary/aromatic N) is 1. The summed E-state index contributed by atoms with van der Waals surface area (Å²) < 4.78 is 0. The second-order valence-electron chi connectivity index (χ2n) is 7.35. The third kappa shape index (κ3) is 6.69. The van der Waals surface area contributed by atoms with E-state index in [0.29, 0.717) is 30.1 Å². The number of carbonyl (C=O) groups is 2. The monoisotopic (exact) mass is 482 g/mol. The van der Waals surface area contributed by atoms with Crippen LogP contribution in [0.2, 0.25) is 5.02 Å². The number of phenolic OH excluding ortho intramolecular Hbond substituents is 1. The molecule has 0 atom stereocenters. The van der Waals surface area contributed by atoms with Crippen LogP contribution in [0.1, 0.15) is 32.7 Å². The van der Waals surface area contributed by atoms with Gasteiger partial charge in [-0.1, -0.05) is 35.9 Å². The molecule has 4 N–H and O–H groups in total. The van der Waals surface area contributed by atoms with E-state index < -0.39 is 10.8 Å². The summed E-state index contributed by atoms with van der Waals surface area (Å²) in [7, 11) is 0. The van der Waals surface area contributed by atoms with Gasteiger partial charge in [0.1, 0.15) is 11.4 Å². The molecule has 3 rings (SSSR count).